The summed E-state index contributed by atoms with van der Waals surface area (Å²) in [7, 11) is 3.15. The highest BCUT2D eigenvalue weighted by molar-refractivity contribution is 5.49. The molecule has 16 heavy (non-hydrogen) atoms. The maximum atomic E-state index is 9.09. The fourth-order valence-electron chi connectivity index (χ4n) is 1.57. The second-order valence-corrected chi connectivity index (χ2v) is 3.20. The SMILES string of the molecule is CCNC(C#N)c1cccc(OC)c1OC. The van der Waals surface area contributed by atoms with Crippen molar-refractivity contribution in [2.24, 2.45) is 0 Å². The Morgan fingerprint density at radius 1 is 1.38 bits per heavy atom. The predicted octanol–water partition coefficient (Wildman–Crippen LogP) is 1.88. The van der Waals surface area contributed by atoms with Crippen molar-refractivity contribution in [3.8, 4) is 17.6 Å². The van der Waals surface area contributed by atoms with Gasteiger partial charge in [-0.05, 0) is 12.6 Å². The largest absolute Gasteiger partial charge is 0.493 e. The van der Waals surface area contributed by atoms with Crippen LogP contribution in [0.3, 0.4) is 0 Å². The molecule has 0 aliphatic rings. The van der Waals surface area contributed by atoms with Crippen molar-refractivity contribution in [2.45, 2.75) is 13.0 Å². The number of hydrogen-bond acceptors (Lipinski definition) is 4. The summed E-state index contributed by atoms with van der Waals surface area (Å²) in [6.07, 6.45) is 0. The maximum Gasteiger partial charge on any atom is 0.166 e. The van der Waals surface area contributed by atoms with E-state index in [4.69, 9.17) is 14.7 Å². The van der Waals surface area contributed by atoms with E-state index in [9.17, 15) is 0 Å². The number of methoxy groups -OCH3 is 2. The molecule has 1 aromatic carbocycles. The highest BCUT2D eigenvalue weighted by atomic mass is 16.5. The summed E-state index contributed by atoms with van der Waals surface area (Å²) < 4.78 is 10.5. The fraction of sp³-hybridized carbons (Fsp3) is 0.417. The molecule has 0 amide bonds. The molecule has 1 rings (SSSR count). The van der Waals surface area contributed by atoms with Crippen LogP contribution in [0.5, 0.6) is 11.5 Å². The third kappa shape index (κ3) is 2.44. The van der Waals surface area contributed by atoms with Gasteiger partial charge in [0.2, 0.25) is 0 Å². The minimum Gasteiger partial charge on any atom is -0.493 e. The van der Waals surface area contributed by atoms with E-state index < -0.39 is 0 Å². The van der Waals surface area contributed by atoms with Gasteiger partial charge in [-0.3, -0.25) is 5.32 Å². The van der Waals surface area contributed by atoms with Crippen LogP contribution in [-0.2, 0) is 0 Å². The maximum absolute atomic E-state index is 9.09. The van der Waals surface area contributed by atoms with E-state index in [2.05, 4.69) is 11.4 Å². The lowest BCUT2D eigenvalue weighted by molar-refractivity contribution is 0.349. The van der Waals surface area contributed by atoms with Crippen LogP contribution in [0.4, 0.5) is 0 Å². The third-order valence-corrected chi connectivity index (χ3v) is 2.28. The molecule has 4 heteroatoms. The van der Waals surface area contributed by atoms with Crippen molar-refractivity contribution >= 4 is 0 Å². The highest BCUT2D eigenvalue weighted by Gasteiger charge is 2.17. The lowest BCUT2D eigenvalue weighted by Gasteiger charge is -2.16. The van der Waals surface area contributed by atoms with Gasteiger partial charge >= 0.3 is 0 Å². The summed E-state index contributed by atoms with van der Waals surface area (Å²) in [5.41, 5.74) is 0.797. The second kappa shape index (κ2) is 5.99. The molecule has 0 fully saturated rings. The molecule has 0 radical (unpaired) electrons. The number of hydrogen-bond donors (Lipinski definition) is 1. The molecular formula is C12H16N2O2. The Hall–Kier alpha value is -1.73. The van der Waals surface area contributed by atoms with Crippen molar-refractivity contribution < 1.29 is 9.47 Å². The van der Waals surface area contributed by atoms with Crippen LogP contribution < -0.4 is 14.8 Å². The molecule has 0 aliphatic heterocycles. The standard InChI is InChI=1S/C12H16N2O2/c1-4-14-10(8-13)9-6-5-7-11(15-2)12(9)16-3/h5-7,10,14H,4H2,1-3H3. The second-order valence-electron chi connectivity index (χ2n) is 3.20. The predicted molar refractivity (Wildman–Crippen MR) is 61.6 cm³/mol. The number of para-hydroxylation sites is 1. The van der Waals surface area contributed by atoms with Crippen molar-refractivity contribution in [3.05, 3.63) is 23.8 Å². The Bertz CT molecular complexity index is 385. The molecule has 1 atom stereocenters. The topological polar surface area (TPSA) is 54.3 Å². The van der Waals surface area contributed by atoms with Crippen LogP contribution >= 0.6 is 0 Å². The smallest absolute Gasteiger partial charge is 0.166 e. The van der Waals surface area contributed by atoms with Gasteiger partial charge in [-0.2, -0.15) is 5.26 Å². The molecule has 0 bridgehead atoms. The van der Waals surface area contributed by atoms with E-state index in [1.165, 1.54) is 0 Å². The van der Waals surface area contributed by atoms with E-state index in [0.717, 1.165) is 12.1 Å². The van der Waals surface area contributed by atoms with Crippen molar-refractivity contribution in [3.63, 3.8) is 0 Å². The minimum atomic E-state index is -0.380. The van der Waals surface area contributed by atoms with E-state index in [-0.39, 0.29) is 6.04 Å². The zero-order valence-corrected chi connectivity index (χ0v) is 9.78. The summed E-state index contributed by atoms with van der Waals surface area (Å²) >= 11 is 0. The molecule has 1 aromatic rings. The molecule has 86 valence electrons. The monoisotopic (exact) mass is 220 g/mol. The van der Waals surface area contributed by atoms with E-state index >= 15 is 0 Å². The first-order chi connectivity index (χ1) is 7.78. The van der Waals surface area contributed by atoms with Gasteiger partial charge in [-0.15, -0.1) is 0 Å². The van der Waals surface area contributed by atoms with Crippen molar-refractivity contribution in [1.82, 2.24) is 5.32 Å². The summed E-state index contributed by atoms with van der Waals surface area (Å²) in [4.78, 5) is 0. The van der Waals surface area contributed by atoms with Crippen LogP contribution in [0.2, 0.25) is 0 Å². The molecule has 4 nitrogen and oxygen atoms in total. The Kier molecular flexibility index (Phi) is 4.62. The fourth-order valence-corrected chi connectivity index (χ4v) is 1.57. The quantitative estimate of drug-likeness (QED) is 0.823. The Morgan fingerprint density at radius 2 is 2.12 bits per heavy atom. The van der Waals surface area contributed by atoms with Crippen LogP contribution in [0.1, 0.15) is 18.5 Å². The van der Waals surface area contributed by atoms with E-state index in [0.29, 0.717) is 11.5 Å². The Morgan fingerprint density at radius 3 is 2.62 bits per heavy atom. The Labute approximate surface area is 95.8 Å². The van der Waals surface area contributed by atoms with Crippen molar-refractivity contribution in [1.29, 1.82) is 5.26 Å². The number of benzene rings is 1. The van der Waals surface area contributed by atoms with Crippen LogP contribution in [0, 0.1) is 11.3 Å². The number of nitrogens with one attached hydrogen (secondary N) is 1. The van der Waals surface area contributed by atoms with Crippen LogP contribution in [0.15, 0.2) is 18.2 Å². The molecule has 0 aliphatic carbocycles. The van der Waals surface area contributed by atoms with Crippen LogP contribution in [0.25, 0.3) is 0 Å². The minimum absolute atomic E-state index is 0.380. The Balaban J connectivity index is 3.16. The van der Waals surface area contributed by atoms with Crippen molar-refractivity contribution in [2.75, 3.05) is 20.8 Å². The van der Waals surface area contributed by atoms with Gasteiger partial charge in [0.25, 0.3) is 0 Å². The molecule has 0 saturated carbocycles. The molecule has 1 N–H and O–H groups in total. The summed E-state index contributed by atoms with van der Waals surface area (Å²) in [5.74, 6) is 1.25. The first kappa shape index (κ1) is 12.3. The third-order valence-electron chi connectivity index (χ3n) is 2.28. The summed E-state index contributed by atoms with van der Waals surface area (Å²) in [6.45, 7) is 2.68. The molecule has 0 heterocycles. The number of nitrogens with zero attached hydrogens (tertiary/aromatic N) is 1. The first-order valence-electron chi connectivity index (χ1n) is 5.12. The van der Waals surface area contributed by atoms with E-state index in [1.54, 1.807) is 14.2 Å². The first-order valence-corrected chi connectivity index (χ1v) is 5.12. The normalized spacial score (nSPS) is 11.6. The van der Waals surface area contributed by atoms with Gasteiger partial charge in [0.15, 0.2) is 11.5 Å². The van der Waals surface area contributed by atoms with Gasteiger partial charge in [0.1, 0.15) is 6.04 Å². The molecule has 1 unspecified atom stereocenters. The molecule has 0 saturated heterocycles. The summed E-state index contributed by atoms with van der Waals surface area (Å²) in [5, 5.41) is 12.2. The number of rotatable bonds is 5. The molecule has 0 spiro atoms. The van der Waals surface area contributed by atoms with Crippen LogP contribution in [-0.4, -0.2) is 20.8 Å². The van der Waals surface area contributed by atoms with Gasteiger partial charge in [0.05, 0.1) is 20.3 Å². The highest BCUT2D eigenvalue weighted by Crippen LogP contribution is 2.34. The van der Waals surface area contributed by atoms with Gasteiger partial charge in [-0.25, -0.2) is 0 Å². The summed E-state index contributed by atoms with van der Waals surface area (Å²) in [6, 6.07) is 7.33. The van der Waals surface area contributed by atoms with Gasteiger partial charge in [-0.1, -0.05) is 19.1 Å². The average Bonchev–Trinajstić information content (AvgIpc) is 2.34. The van der Waals surface area contributed by atoms with Gasteiger partial charge in [0, 0.05) is 5.56 Å². The zero-order valence-electron chi connectivity index (χ0n) is 9.78. The lowest BCUT2D eigenvalue weighted by Crippen LogP contribution is -2.19. The number of ether oxygens (including phenoxy) is 2. The molecule has 0 aromatic heterocycles. The van der Waals surface area contributed by atoms with E-state index in [1.807, 2.05) is 25.1 Å². The lowest BCUT2D eigenvalue weighted by atomic mass is 10.1. The zero-order chi connectivity index (χ0) is 12.0. The number of nitriles is 1. The molecular weight excluding hydrogens is 204 g/mol. The van der Waals surface area contributed by atoms with Gasteiger partial charge < -0.3 is 9.47 Å². The average molecular weight is 220 g/mol.